The lowest BCUT2D eigenvalue weighted by molar-refractivity contribution is 1.09. The van der Waals surface area contributed by atoms with E-state index in [1.165, 1.54) is 6.07 Å². The number of hydrogen-bond donors (Lipinski definition) is 0. The minimum atomic E-state index is -0.223. The van der Waals surface area contributed by atoms with Crippen LogP contribution in [0.3, 0.4) is 0 Å². The van der Waals surface area contributed by atoms with E-state index in [0.29, 0.717) is 5.65 Å². The first-order valence-corrected chi connectivity index (χ1v) is 4.56. The first-order valence-electron chi connectivity index (χ1n) is 4.56. The molecule has 0 aliphatic heterocycles. The molecule has 0 unspecified atom stereocenters. The maximum absolute atomic E-state index is 11.2. The monoisotopic (exact) mass is 197 g/mol. The van der Waals surface area contributed by atoms with Crippen molar-refractivity contribution in [1.82, 2.24) is 14.4 Å². The number of rotatable bonds is 0. The number of aromatic nitrogens is 3. The molecular weight excluding hydrogens is 190 g/mol. The molecule has 4 nitrogen and oxygen atoms in total. The van der Waals surface area contributed by atoms with Crippen LogP contribution in [0, 0.1) is 0 Å². The van der Waals surface area contributed by atoms with Crippen LogP contribution in [-0.2, 0) is 0 Å². The second kappa shape index (κ2) is 2.88. The zero-order chi connectivity index (χ0) is 10.3. The second-order valence-electron chi connectivity index (χ2n) is 3.28. The van der Waals surface area contributed by atoms with Crippen LogP contribution in [0.5, 0.6) is 0 Å². The molecule has 0 atom stereocenters. The van der Waals surface area contributed by atoms with E-state index in [2.05, 4.69) is 9.97 Å². The Kier molecular flexibility index (Phi) is 1.56. The van der Waals surface area contributed by atoms with Crippen molar-refractivity contribution >= 4 is 16.4 Å². The van der Waals surface area contributed by atoms with E-state index in [9.17, 15) is 4.79 Å². The highest BCUT2D eigenvalue weighted by Gasteiger charge is 2.00. The molecule has 3 aromatic rings. The molecule has 0 aromatic carbocycles. The lowest BCUT2D eigenvalue weighted by Gasteiger charge is -2.02. The molecule has 0 saturated carbocycles. The van der Waals surface area contributed by atoms with Crippen molar-refractivity contribution in [2.45, 2.75) is 0 Å². The van der Waals surface area contributed by atoms with E-state index in [-0.39, 0.29) is 5.56 Å². The van der Waals surface area contributed by atoms with Gasteiger partial charge in [0.25, 0.3) is 5.56 Å². The van der Waals surface area contributed by atoms with Gasteiger partial charge in [-0.1, -0.05) is 0 Å². The Labute approximate surface area is 84.8 Å². The summed E-state index contributed by atoms with van der Waals surface area (Å²) in [6, 6.07) is 5.25. The Morgan fingerprint density at radius 1 is 1.13 bits per heavy atom. The molecular formula is C11H7N3O. The molecule has 0 radical (unpaired) electrons. The summed E-state index contributed by atoms with van der Waals surface area (Å²) < 4.78 is 1.82. The largest absolute Gasteiger partial charge is 0.308 e. The Morgan fingerprint density at radius 2 is 2.00 bits per heavy atom. The molecule has 0 fully saturated rings. The average molecular weight is 197 g/mol. The fourth-order valence-corrected chi connectivity index (χ4v) is 1.64. The second-order valence-corrected chi connectivity index (χ2v) is 3.28. The van der Waals surface area contributed by atoms with Gasteiger partial charge in [0.1, 0.15) is 5.65 Å². The van der Waals surface area contributed by atoms with Gasteiger partial charge in [0, 0.05) is 41.6 Å². The Bertz CT molecular complexity index is 703. The van der Waals surface area contributed by atoms with Crippen molar-refractivity contribution in [1.29, 1.82) is 0 Å². The normalized spacial score (nSPS) is 10.9. The zero-order valence-corrected chi connectivity index (χ0v) is 7.79. The summed E-state index contributed by atoms with van der Waals surface area (Å²) in [5.74, 6) is 0. The van der Waals surface area contributed by atoms with Crippen LogP contribution in [0.1, 0.15) is 0 Å². The van der Waals surface area contributed by atoms with E-state index < -0.39 is 0 Å². The fourth-order valence-electron chi connectivity index (χ4n) is 1.64. The van der Waals surface area contributed by atoms with Gasteiger partial charge >= 0.3 is 0 Å². The summed E-state index contributed by atoms with van der Waals surface area (Å²) in [7, 11) is 0. The van der Waals surface area contributed by atoms with Gasteiger partial charge in [0.15, 0.2) is 0 Å². The smallest absolute Gasteiger partial charge is 0.273 e. The lowest BCUT2D eigenvalue weighted by atomic mass is 10.2. The maximum Gasteiger partial charge on any atom is 0.273 e. The summed E-state index contributed by atoms with van der Waals surface area (Å²) in [6.45, 7) is 0. The third-order valence-corrected chi connectivity index (χ3v) is 2.35. The molecule has 0 bridgehead atoms. The zero-order valence-electron chi connectivity index (χ0n) is 7.79. The summed E-state index contributed by atoms with van der Waals surface area (Å²) in [5, 5.41) is 1.92. The van der Waals surface area contributed by atoms with Gasteiger partial charge in [-0.3, -0.25) is 9.78 Å². The standard InChI is InChI=1S/C11H7N3O/c15-10-3-6-14-5-2-8-7-12-4-1-9(8)11(14)13-10/h1-7H. The SMILES string of the molecule is O=c1ccn2ccc3cnccc3c2n1. The molecule has 4 heteroatoms. The average Bonchev–Trinajstić information content (AvgIpc) is 2.29. The van der Waals surface area contributed by atoms with Crippen LogP contribution in [-0.4, -0.2) is 14.4 Å². The fraction of sp³-hybridized carbons (Fsp3) is 0. The number of pyridine rings is 2. The highest BCUT2D eigenvalue weighted by atomic mass is 16.1. The minimum absolute atomic E-state index is 0.223. The predicted molar refractivity (Wildman–Crippen MR) is 56.8 cm³/mol. The van der Waals surface area contributed by atoms with Crippen molar-refractivity contribution in [2.24, 2.45) is 0 Å². The van der Waals surface area contributed by atoms with Crippen LogP contribution >= 0.6 is 0 Å². The highest BCUT2D eigenvalue weighted by Crippen LogP contribution is 2.15. The quantitative estimate of drug-likeness (QED) is 0.509. The van der Waals surface area contributed by atoms with Crippen LogP contribution in [0.25, 0.3) is 16.4 Å². The van der Waals surface area contributed by atoms with E-state index in [4.69, 9.17) is 0 Å². The van der Waals surface area contributed by atoms with Gasteiger partial charge in [0.05, 0.1) is 0 Å². The van der Waals surface area contributed by atoms with Crippen molar-refractivity contribution in [2.75, 3.05) is 0 Å². The highest BCUT2D eigenvalue weighted by molar-refractivity contribution is 5.92. The van der Waals surface area contributed by atoms with Gasteiger partial charge in [-0.25, -0.2) is 0 Å². The first kappa shape index (κ1) is 8.11. The molecule has 3 rings (SSSR count). The molecule has 0 aliphatic rings. The van der Waals surface area contributed by atoms with Crippen LogP contribution < -0.4 is 5.56 Å². The number of hydrogen-bond acceptors (Lipinski definition) is 3. The van der Waals surface area contributed by atoms with Gasteiger partial charge in [-0.05, 0) is 12.1 Å². The predicted octanol–water partition coefficient (Wildman–Crippen LogP) is 1.24. The summed E-state index contributed by atoms with van der Waals surface area (Å²) in [4.78, 5) is 19.2. The summed E-state index contributed by atoms with van der Waals surface area (Å²) >= 11 is 0. The Morgan fingerprint density at radius 3 is 2.93 bits per heavy atom. The molecule has 15 heavy (non-hydrogen) atoms. The van der Waals surface area contributed by atoms with Gasteiger partial charge < -0.3 is 4.40 Å². The van der Waals surface area contributed by atoms with Crippen molar-refractivity contribution in [3.05, 3.63) is 53.3 Å². The molecule has 0 amide bonds. The van der Waals surface area contributed by atoms with Gasteiger partial charge in [0.2, 0.25) is 0 Å². The Hall–Kier alpha value is -2.23. The molecule has 72 valence electrons. The summed E-state index contributed by atoms with van der Waals surface area (Å²) in [6.07, 6.45) is 7.03. The summed E-state index contributed by atoms with van der Waals surface area (Å²) in [5.41, 5.74) is 0.446. The number of fused-ring (bicyclic) bond motifs is 3. The van der Waals surface area contributed by atoms with E-state index in [1.54, 1.807) is 18.6 Å². The first-order chi connectivity index (χ1) is 7.34. The molecule has 0 aliphatic carbocycles. The van der Waals surface area contributed by atoms with Crippen molar-refractivity contribution < 1.29 is 0 Å². The topological polar surface area (TPSA) is 47.3 Å². The molecule has 0 saturated heterocycles. The third kappa shape index (κ3) is 1.19. The molecule has 0 N–H and O–H groups in total. The van der Waals surface area contributed by atoms with E-state index in [0.717, 1.165) is 10.8 Å². The van der Waals surface area contributed by atoms with Crippen molar-refractivity contribution in [3.8, 4) is 0 Å². The third-order valence-electron chi connectivity index (χ3n) is 2.35. The van der Waals surface area contributed by atoms with Crippen LogP contribution in [0.2, 0.25) is 0 Å². The molecule has 0 spiro atoms. The van der Waals surface area contributed by atoms with Gasteiger partial charge in [-0.15, -0.1) is 0 Å². The van der Waals surface area contributed by atoms with E-state index in [1.807, 2.05) is 22.7 Å². The maximum atomic E-state index is 11.2. The Balaban J connectivity index is 2.63. The minimum Gasteiger partial charge on any atom is -0.308 e. The lowest BCUT2D eigenvalue weighted by Crippen LogP contribution is -2.06. The van der Waals surface area contributed by atoms with E-state index >= 15 is 0 Å². The number of nitrogens with zero attached hydrogens (tertiary/aromatic N) is 3. The van der Waals surface area contributed by atoms with Crippen LogP contribution in [0.4, 0.5) is 0 Å². The molecule has 3 aromatic heterocycles. The molecule has 3 heterocycles. The van der Waals surface area contributed by atoms with Crippen molar-refractivity contribution in [3.63, 3.8) is 0 Å². The van der Waals surface area contributed by atoms with Gasteiger partial charge in [-0.2, -0.15) is 4.98 Å². The van der Waals surface area contributed by atoms with Crippen LogP contribution in [0.15, 0.2) is 47.8 Å².